The molecule has 23 heavy (non-hydrogen) atoms. The summed E-state index contributed by atoms with van der Waals surface area (Å²) in [7, 11) is 0. The van der Waals surface area contributed by atoms with Crippen LogP contribution in [0.15, 0.2) is 23.0 Å². The van der Waals surface area contributed by atoms with Crippen LogP contribution < -0.4 is 0 Å². The molecule has 4 nitrogen and oxygen atoms in total. The Balaban J connectivity index is 1.43. The molecule has 1 atom stereocenters. The van der Waals surface area contributed by atoms with E-state index in [1.807, 2.05) is 27.9 Å². The Bertz CT molecular complexity index is 687. The standard InChI is InChI=1S/C18H23N3OS/c1-13-9-19-17(15-3-2-4-15)21(13)11-14-5-7-20(10-14)18(22)16-6-8-23-12-16/h6,8-9,12,14-15H,2-5,7,10-11H2,1H3. The minimum Gasteiger partial charge on any atom is -0.338 e. The molecule has 1 amide bonds. The molecule has 0 bridgehead atoms. The van der Waals surface area contributed by atoms with Crippen molar-refractivity contribution in [2.75, 3.05) is 13.1 Å². The summed E-state index contributed by atoms with van der Waals surface area (Å²) in [6.45, 7) is 4.91. The number of hydrogen-bond donors (Lipinski definition) is 0. The minimum absolute atomic E-state index is 0.190. The number of hydrogen-bond acceptors (Lipinski definition) is 3. The molecule has 4 rings (SSSR count). The first-order valence-corrected chi connectivity index (χ1v) is 9.50. The van der Waals surface area contributed by atoms with Gasteiger partial charge in [0.05, 0.1) is 5.56 Å². The Labute approximate surface area is 141 Å². The molecular weight excluding hydrogens is 306 g/mol. The fourth-order valence-electron chi connectivity index (χ4n) is 3.70. The van der Waals surface area contributed by atoms with Gasteiger partial charge in [-0.15, -0.1) is 0 Å². The molecular formula is C18H23N3OS. The van der Waals surface area contributed by atoms with Crippen molar-refractivity contribution in [3.05, 3.63) is 40.1 Å². The van der Waals surface area contributed by atoms with E-state index in [4.69, 9.17) is 0 Å². The summed E-state index contributed by atoms with van der Waals surface area (Å²) < 4.78 is 2.41. The molecule has 0 spiro atoms. The van der Waals surface area contributed by atoms with Gasteiger partial charge >= 0.3 is 0 Å². The second-order valence-corrected chi connectivity index (χ2v) is 7.69. The molecule has 1 aliphatic carbocycles. The largest absolute Gasteiger partial charge is 0.338 e. The fraction of sp³-hybridized carbons (Fsp3) is 0.556. The van der Waals surface area contributed by atoms with Crippen molar-refractivity contribution >= 4 is 17.2 Å². The maximum Gasteiger partial charge on any atom is 0.254 e. The number of aromatic nitrogens is 2. The van der Waals surface area contributed by atoms with Crippen molar-refractivity contribution in [3.8, 4) is 0 Å². The molecule has 3 heterocycles. The van der Waals surface area contributed by atoms with Crippen LogP contribution in [0, 0.1) is 12.8 Å². The fourth-order valence-corrected chi connectivity index (χ4v) is 4.33. The lowest BCUT2D eigenvalue weighted by Crippen LogP contribution is -2.29. The molecule has 122 valence electrons. The normalized spacial score (nSPS) is 21.6. The van der Waals surface area contributed by atoms with Crippen molar-refractivity contribution in [2.45, 2.75) is 45.1 Å². The monoisotopic (exact) mass is 329 g/mol. The quantitative estimate of drug-likeness (QED) is 0.858. The van der Waals surface area contributed by atoms with E-state index in [9.17, 15) is 4.79 Å². The smallest absolute Gasteiger partial charge is 0.254 e. The van der Waals surface area contributed by atoms with Crippen LogP contribution in [-0.4, -0.2) is 33.4 Å². The molecule has 1 saturated heterocycles. The number of aryl methyl sites for hydroxylation is 1. The molecule has 2 aliphatic rings. The summed E-state index contributed by atoms with van der Waals surface area (Å²) in [6, 6.07) is 1.93. The van der Waals surface area contributed by atoms with Crippen molar-refractivity contribution < 1.29 is 4.79 Å². The summed E-state index contributed by atoms with van der Waals surface area (Å²) in [5.41, 5.74) is 2.10. The highest BCUT2D eigenvalue weighted by Gasteiger charge is 2.30. The van der Waals surface area contributed by atoms with Crippen LogP contribution >= 0.6 is 11.3 Å². The highest BCUT2D eigenvalue weighted by atomic mass is 32.1. The van der Waals surface area contributed by atoms with Crippen molar-refractivity contribution in [2.24, 2.45) is 5.92 Å². The SMILES string of the molecule is Cc1cnc(C2CCC2)n1CC1CCN(C(=O)c2ccsc2)C1. The van der Waals surface area contributed by atoms with E-state index < -0.39 is 0 Å². The zero-order valence-corrected chi connectivity index (χ0v) is 14.4. The molecule has 5 heteroatoms. The van der Waals surface area contributed by atoms with Crippen LogP contribution in [0.25, 0.3) is 0 Å². The van der Waals surface area contributed by atoms with E-state index in [-0.39, 0.29) is 5.91 Å². The molecule has 1 unspecified atom stereocenters. The second-order valence-electron chi connectivity index (χ2n) is 6.91. The van der Waals surface area contributed by atoms with E-state index in [1.54, 1.807) is 11.3 Å². The molecule has 0 N–H and O–H groups in total. The third kappa shape index (κ3) is 2.82. The number of imidazole rings is 1. The first-order chi connectivity index (χ1) is 11.2. The second kappa shape index (κ2) is 6.11. The highest BCUT2D eigenvalue weighted by molar-refractivity contribution is 7.08. The third-order valence-electron chi connectivity index (χ3n) is 5.34. The number of amides is 1. The maximum absolute atomic E-state index is 12.5. The predicted molar refractivity (Wildman–Crippen MR) is 91.9 cm³/mol. The lowest BCUT2D eigenvalue weighted by Gasteiger charge is -2.27. The van der Waals surface area contributed by atoms with Gasteiger partial charge in [-0.05, 0) is 43.6 Å². The highest BCUT2D eigenvalue weighted by Crippen LogP contribution is 2.36. The molecule has 2 aromatic heterocycles. The molecule has 1 aliphatic heterocycles. The minimum atomic E-state index is 0.190. The number of rotatable bonds is 4. The topological polar surface area (TPSA) is 38.1 Å². The van der Waals surface area contributed by atoms with Gasteiger partial charge in [-0.3, -0.25) is 4.79 Å². The van der Waals surface area contributed by atoms with Gasteiger partial charge in [0.25, 0.3) is 5.91 Å². The lowest BCUT2D eigenvalue weighted by molar-refractivity contribution is 0.0786. The summed E-state index contributed by atoms with van der Waals surface area (Å²) >= 11 is 1.59. The zero-order valence-electron chi connectivity index (χ0n) is 13.6. The third-order valence-corrected chi connectivity index (χ3v) is 6.02. The van der Waals surface area contributed by atoms with Gasteiger partial charge in [0.1, 0.15) is 5.82 Å². The first-order valence-electron chi connectivity index (χ1n) is 8.56. The first kappa shape index (κ1) is 14.9. The van der Waals surface area contributed by atoms with Crippen LogP contribution in [0.2, 0.25) is 0 Å². The predicted octanol–water partition coefficient (Wildman–Crippen LogP) is 3.68. The lowest BCUT2D eigenvalue weighted by atomic mass is 9.84. The maximum atomic E-state index is 12.5. The average Bonchev–Trinajstić information content (AvgIpc) is 3.22. The van der Waals surface area contributed by atoms with E-state index in [0.29, 0.717) is 11.8 Å². The van der Waals surface area contributed by atoms with Crippen molar-refractivity contribution in [1.29, 1.82) is 0 Å². The van der Waals surface area contributed by atoms with Gasteiger partial charge in [-0.25, -0.2) is 4.98 Å². The number of likely N-dealkylation sites (tertiary alicyclic amines) is 1. The summed E-state index contributed by atoms with van der Waals surface area (Å²) in [4.78, 5) is 19.1. The molecule has 2 aromatic rings. The average molecular weight is 329 g/mol. The summed E-state index contributed by atoms with van der Waals surface area (Å²) in [5.74, 6) is 2.67. The Morgan fingerprint density at radius 3 is 2.96 bits per heavy atom. The molecule has 1 saturated carbocycles. The Hall–Kier alpha value is -1.62. The zero-order chi connectivity index (χ0) is 15.8. The van der Waals surface area contributed by atoms with Gasteiger partial charge in [-0.1, -0.05) is 6.42 Å². The Kier molecular flexibility index (Phi) is 3.97. The van der Waals surface area contributed by atoms with E-state index in [2.05, 4.69) is 16.5 Å². The Morgan fingerprint density at radius 2 is 2.26 bits per heavy atom. The van der Waals surface area contributed by atoms with Crippen LogP contribution in [0.3, 0.4) is 0 Å². The van der Waals surface area contributed by atoms with Crippen LogP contribution in [0.4, 0.5) is 0 Å². The molecule has 0 radical (unpaired) electrons. The van der Waals surface area contributed by atoms with Gasteiger partial charge < -0.3 is 9.47 Å². The van der Waals surface area contributed by atoms with Crippen LogP contribution in [0.5, 0.6) is 0 Å². The van der Waals surface area contributed by atoms with Crippen molar-refractivity contribution in [1.82, 2.24) is 14.5 Å². The Morgan fingerprint density at radius 1 is 1.39 bits per heavy atom. The molecule has 2 fully saturated rings. The number of thiophene rings is 1. The van der Waals surface area contributed by atoms with E-state index >= 15 is 0 Å². The van der Waals surface area contributed by atoms with Crippen LogP contribution in [0.1, 0.15) is 53.5 Å². The van der Waals surface area contributed by atoms with Gasteiger partial charge in [0.15, 0.2) is 0 Å². The van der Waals surface area contributed by atoms with Crippen LogP contribution in [-0.2, 0) is 6.54 Å². The number of nitrogens with zero attached hydrogens (tertiary/aromatic N) is 3. The van der Waals surface area contributed by atoms with E-state index in [0.717, 1.165) is 31.6 Å². The van der Waals surface area contributed by atoms with Gasteiger partial charge in [-0.2, -0.15) is 11.3 Å². The summed E-state index contributed by atoms with van der Waals surface area (Å²) in [6.07, 6.45) is 7.01. The number of carbonyl (C=O) groups is 1. The summed E-state index contributed by atoms with van der Waals surface area (Å²) in [5, 5.41) is 3.92. The van der Waals surface area contributed by atoms with Gasteiger partial charge in [0.2, 0.25) is 0 Å². The van der Waals surface area contributed by atoms with E-state index in [1.165, 1.54) is 30.8 Å². The van der Waals surface area contributed by atoms with Gasteiger partial charge in [0, 0.05) is 42.8 Å². The number of carbonyl (C=O) groups excluding carboxylic acids is 1. The molecule has 0 aromatic carbocycles. The van der Waals surface area contributed by atoms with Crippen molar-refractivity contribution in [3.63, 3.8) is 0 Å².